The van der Waals surface area contributed by atoms with Crippen molar-refractivity contribution in [2.45, 2.75) is 46.1 Å². The first-order valence-corrected chi connectivity index (χ1v) is 12.0. The van der Waals surface area contributed by atoms with Crippen LogP contribution in [0.25, 0.3) is 11.0 Å². The molecule has 0 radical (unpaired) electrons. The molecule has 1 heterocycles. The lowest BCUT2D eigenvalue weighted by atomic mass is 10.1. The predicted octanol–water partition coefficient (Wildman–Crippen LogP) is 5.41. The zero-order chi connectivity index (χ0) is 23.8. The summed E-state index contributed by atoms with van der Waals surface area (Å²) in [6.45, 7) is 6.16. The Bertz CT molecular complexity index is 1230. The minimum atomic E-state index is 0.0964. The molecule has 4 rings (SSSR count). The monoisotopic (exact) mass is 455 g/mol. The number of benzene rings is 3. The molecule has 0 bridgehead atoms. The number of fused-ring (bicyclic) bond motifs is 1. The molecule has 0 fully saturated rings. The average molecular weight is 456 g/mol. The highest BCUT2D eigenvalue weighted by atomic mass is 16.5. The SMILES string of the molecule is Cc1ccc(OCCn2c(CCCNC(=O)CCc3ccccc3)nc3ccccc32)cc1C. The first kappa shape index (κ1) is 23.6. The second-order valence-corrected chi connectivity index (χ2v) is 8.70. The van der Waals surface area contributed by atoms with E-state index < -0.39 is 0 Å². The summed E-state index contributed by atoms with van der Waals surface area (Å²) in [6.07, 6.45) is 2.93. The first-order valence-electron chi connectivity index (χ1n) is 12.0. The van der Waals surface area contributed by atoms with Crippen molar-refractivity contribution in [3.63, 3.8) is 0 Å². The summed E-state index contributed by atoms with van der Waals surface area (Å²) < 4.78 is 8.28. The van der Waals surface area contributed by atoms with Crippen LogP contribution in [0.1, 0.15) is 35.4 Å². The van der Waals surface area contributed by atoms with Crippen LogP contribution < -0.4 is 10.1 Å². The maximum absolute atomic E-state index is 12.2. The van der Waals surface area contributed by atoms with Gasteiger partial charge in [-0.25, -0.2) is 4.98 Å². The zero-order valence-corrected chi connectivity index (χ0v) is 20.1. The highest BCUT2D eigenvalue weighted by Gasteiger charge is 2.11. The number of nitrogens with one attached hydrogen (secondary N) is 1. The van der Waals surface area contributed by atoms with Gasteiger partial charge in [0, 0.05) is 19.4 Å². The van der Waals surface area contributed by atoms with Crippen LogP contribution in [-0.4, -0.2) is 28.6 Å². The molecule has 5 heteroatoms. The van der Waals surface area contributed by atoms with Crippen LogP contribution in [0.15, 0.2) is 72.8 Å². The van der Waals surface area contributed by atoms with Crippen LogP contribution >= 0.6 is 0 Å². The number of hydrogen-bond donors (Lipinski definition) is 1. The van der Waals surface area contributed by atoms with Crippen molar-refractivity contribution in [2.75, 3.05) is 13.2 Å². The Morgan fingerprint density at radius 2 is 1.74 bits per heavy atom. The number of aryl methyl sites for hydroxylation is 4. The summed E-state index contributed by atoms with van der Waals surface area (Å²) in [5.74, 6) is 2.02. The van der Waals surface area contributed by atoms with E-state index in [1.165, 1.54) is 16.7 Å². The minimum absolute atomic E-state index is 0.0964. The van der Waals surface area contributed by atoms with E-state index in [0.717, 1.165) is 48.4 Å². The summed E-state index contributed by atoms with van der Waals surface area (Å²) in [4.78, 5) is 17.1. The van der Waals surface area contributed by atoms with Crippen molar-refractivity contribution < 1.29 is 9.53 Å². The van der Waals surface area contributed by atoms with E-state index in [0.29, 0.717) is 19.6 Å². The number of nitrogens with zero attached hydrogens (tertiary/aromatic N) is 2. The number of amides is 1. The molecule has 0 saturated heterocycles. The second-order valence-electron chi connectivity index (χ2n) is 8.70. The number of para-hydroxylation sites is 2. The minimum Gasteiger partial charge on any atom is -0.492 e. The van der Waals surface area contributed by atoms with E-state index in [4.69, 9.17) is 9.72 Å². The summed E-state index contributed by atoms with van der Waals surface area (Å²) in [6, 6.07) is 24.5. The van der Waals surface area contributed by atoms with Crippen molar-refractivity contribution in [1.29, 1.82) is 0 Å². The van der Waals surface area contributed by atoms with Crippen molar-refractivity contribution >= 4 is 16.9 Å². The largest absolute Gasteiger partial charge is 0.492 e. The van der Waals surface area contributed by atoms with Crippen LogP contribution in [0.3, 0.4) is 0 Å². The standard InChI is InChI=1S/C29H33N3O2/c1-22-14-16-25(21-23(22)2)34-20-19-32-27-12-7-6-11-26(27)31-28(32)13-8-18-30-29(33)17-15-24-9-4-3-5-10-24/h3-7,9-12,14,16,21H,8,13,15,17-20H2,1-2H3,(H,30,33). The molecule has 1 N–H and O–H groups in total. The average Bonchev–Trinajstić information content (AvgIpc) is 3.21. The van der Waals surface area contributed by atoms with Gasteiger partial charge in [0.2, 0.25) is 5.91 Å². The molecule has 4 aromatic rings. The molecule has 0 saturated carbocycles. The van der Waals surface area contributed by atoms with E-state index in [2.05, 4.69) is 54.1 Å². The lowest BCUT2D eigenvalue weighted by molar-refractivity contribution is -0.121. The normalized spacial score (nSPS) is 11.0. The summed E-state index contributed by atoms with van der Waals surface area (Å²) >= 11 is 0. The van der Waals surface area contributed by atoms with Gasteiger partial charge in [-0.15, -0.1) is 0 Å². The van der Waals surface area contributed by atoms with E-state index in [1.807, 2.05) is 42.5 Å². The maximum Gasteiger partial charge on any atom is 0.220 e. The molecule has 0 aliphatic carbocycles. The third kappa shape index (κ3) is 6.25. The van der Waals surface area contributed by atoms with Crippen molar-refractivity contribution in [1.82, 2.24) is 14.9 Å². The molecule has 1 amide bonds. The van der Waals surface area contributed by atoms with Gasteiger partial charge >= 0.3 is 0 Å². The molecule has 0 spiro atoms. The summed E-state index contributed by atoms with van der Waals surface area (Å²) in [5.41, 5.74) is 5.80. The number of aromatic nitrogens is 2. The third-order valence-electron chi connectivity index (χ3n) is 6.18. The van der Waals surface area contributed by atoms with Gasteiger partial charge < -0.3 is 14.6 Å². The molecular weight excluding hydrogens is 422 g/mol. The fourth-order valence-corrected chi connectivity index (χ4v) is 4.09. The van der Waals surface area contributed by atoms with Crippen molar-refractivity contribution in [2.24, 2.45) is 0 Å². The number of carbonyl (C=O) groups is 1. The molecule has 1 aromatic heterocycles. The Balaban J connectivity index is 1.29. The molecular formula is C29H33N3O2. The molecule has 0 aliphatic rings. The smallest absolute Gasteiger partial charge is 0.220 e. The topological polar surface area (TPSA) is 56.1 Å². The second kappa shape index (κ2) is 11.5. The molecule has 3 aromatic carbocycles. The number of rotatable bonds is 11. The number of imidazole rings is 1. The van der Waals surface area contributed by atoms with Gasteiger partial charge in [0.1, 0.15) is 18.2 Å². The van der Waals surface area contributed by atoms with E-state index >= 15 is 0 Å². The van der Waals surface area contributed by atoms with E-state index in [9.17, 15) is 4.79 Å². The Morgan fingerprint density at radius 3 is 2.56 bits per heavy atom. The van der Waals surface area contributed by atoms with Gasteiger partial charge in [0.15, 0.2) is 0 Å². The lowest BCUT2D eigenvalue weighted by Gasteiger charge is -2.12. The highest BCUT2D eigenvalue weighted by molar-refractivity contribution is 5.76. The Labute approximate surface area is 201 Å². The summed E-state index contributed by atoms with van der Waals surface area (Å²) in [5, 5.41) is 3.05. The van der Waals surface area contributed by atoms with Gasteiger partial charge in [-0.2, -0.15) is 0 Å². The molecule has 0 atom stereocenters. The van der Waals surface area contributed by atoms with Gasteiger partial charge in [0.05, 0.1) is 17.6 Å². The van der Waals surface area contributed by atoms with Crippen LogP contribution in [0.4, 0.5) is 0 Å². The zero-order valence-electron chi connectivity index (χ0n) is 20.1. The van der Waals surface area contributed by atoms with Crippen LogP contribution in [0.5, 0.6) is 5.75 Å². The van der Waals surface area contributed by atoms with Gasteiger partial charge in [-0.05, 0) is 67.6 Å². The maximum atomic E-state index is 12.2. The number of hydrogen-bond acceptors (Lipinski definition) is 3. The molecule has 5 nitrogen and oxygen atoms in total. The fraction of sp³-hybridized carbons (Fsp3) is 0.310. The van der Waals surface area contributed by atoms with Crippen LogP contribution in [-0.2, 0) is 24.2 Å². The van der Waals surface area contributed by atoms with Gasteiger partial charge in [-0.1, -0.05) is 48.5 Å². The first-order chi connectivity index (χ1) is 16.6. The van der Waals surface area contributed by atoms with Crippen molar-refractivity contribution in [3.8, 4) is 5.75 Å². The highest BCUT2D eigenvalue weighted by Crippen LogP contribution is 2.19. The number of carbonyl (C=O) groups excluding carboxylic acids is 1. The van der Waals surface area contributed by atoms with E-state index in [1.54, 1.807) is 0 Å². The van der Waals surface area contributed by atoms with Gasteiger partial charge in [0.25, 0.3) is 0 Å². The Kier molecular flexibility index (Phi) is 7.97. The van der Waals surface area contributed by atoms with Crippen molar-refractivity contribution in [3.05, 3.63) is 95.3 Å². The van der Waals surface area contributed by atoms with Gasteiger partial charge in [-0.3, -0.25) is 4.79 Å². The predicted molar refractivity (Wildman–Crippen MR) is 137 cm³/mol. The Morgan fingerprint density at radius 1 is 0.941 bits per heavy atom. The molecule has 34 heavy (non-hydrogen) atoms. The quantitative estimate of drug-likeness (QED) is 0.308. The number of ether oxygens (including phenoxy) is 1. The third-order valence-corrected chi connectivity index (χ3v) is 6.18. The fourth-order valence-electron chi connectivity index (χ4n) is 4.09. The van der Waals surface area contributed by atoms with Crippen LogP contribution in [0, 0.1) is 13.8 Å². The molecule has 176 valence electrons. The van der Waals surface area contributed by atoms with Crippen LogP contribution in [0.2, 0.25) is 0 Å². The lowest BCUT2D eigenvalue weighted by Crippen LogP contribution is -2.25. The molecule has 0 unspecified atom stereocenters. The molecule has 0 aliphatic heterocycles. The Hall–Kier alpha value is -3.60. The summed E-state index contributed by atoms with van der Waals surface area (Å²) in [7, 11) is 0. The van der Waals surface area contributed by atoms with E-state index in [-0.39, 0.29) is 5.91 Å².